The van der Waals surface area contributed by atoms with Crippen molar-refractivity contribution in [3.8, 4) is 0 Å². The Morgan fingerprint density at radius 3 is 2.94 bits per heavy atom. The molecule has 1 unspecified atom stereocenters. The van der Waals surface area contributed by atoms with Crippen LogP contribution >= 0.6 is 0 Å². The van der Waals surface area contributed by atoms with Crippen LogP contribution in [-0.2, 0) is 4.79 Å². The van der Waals surface area contributed by atoms with Gasteiger partial charge in [0.1, 0.15) is 0 Å². The summed E-state index contributed by atoms with van der Waals surface area (Å²) >= 11 is 0. The summed E-state index contributed by atoms with van der Waals surface area (Å²) in [5, 5.41) is 6.25. The first-order valence-electron chi connectivity index (χ1n) is 6.57. The molecule has 1 aliphatic heterocycles. The molecule has 16 heavy (non-hydrogen) atoms. The topological polar surface area (TPSA) is 32.7 Å². The second kappa shape index (κ2) is 4.98. The first-order valence-corrected chi connectivity index (χ1v) is 6.57. The predicted molar refractivity (Wildman–Crippen MR) is 65.2 cm³/mol. The van der Waals surface area contributed by atoms with E-state index in [4.69, 9.17) is 0 Å². The van der Waals surface area contributed by atoms with Crippen LogP contribution in [0.3, 0.4) is 0 Å². The molecule has 0 bridgehead atoms. The van der Waals surface area contributed by atoms with Crippen LogP contribution in [-0.4, -0.2) is 23.2 Å². The molecule has 1 atom stereocenters. The van der Waals surface area contributed by atoms with Gasteiger partial charge >= 0.3 is 0 Å². The number of hydrogen-bond acceptors (Lipinski definition) is 2. The van der Waals surface area contributed by atoms with E-state index in [-0.39, 0.29) is 11.8 Å². The molecule has 2 aliphatic rings. The van der Waals surface area contributed by atoms with E-state index >= 15 is 0 Å². The standard InChI is InChI=1S/C13H22N2O/c1-10(2)8-9-15-13(16)11-6-4-3-5-7-12(11)14-15/h10-11H,3-9H2,1-2H3. The van der Waals surface area contributed by atoms with Crippen LogP contribution in [0.25, 0.3) is 0 Å². The van der Waals surface area contributed by atoms with Crippen molar-refractivity contribution in [2.24, 2.45) is 16.9 Å². The van der Waals surface area contributed by atoms with Crippen molar-refractivity contribution >= 4 is 11.6 Å². The van der Waals surface area contributed by atoms with Gasteiger partial charge in [0.15, 0.2) is 0 Å². The van der Waals surface area contributed by atoms with Crippen LogP contribution in [0.4, 0.5) is 0 Å². The summed E-state index contributed by atoms with van der Waals surface area (Å²) in [4.78, 5) is 12.1. The van der Waals surface area contributed by atoms with Crippen LogP contribution in [0.15, 0.2) is 5.10 Å². The van der Waals surface area contributed by atoms with Gasteiger partial charge in [0, 0.05) is 6.54 Å². The van der Waals surface area contributed by atoms with Crippen molar-refractivity contribution < 1.29 is 4.79 Å². The molecule has 0 aromatic heterocycles. The van der Waals surface area contributed by atoms with Gasteiger partial charge in [-0.2, -0.15) is 5.10 Å². The maximum Gasteiger partial charge on any atom is 0.251 e. The Kier molecular flexibility index (Phi) is 3.62. The molecule has 0 N–H and O–H groups in total. The molecule has 0 aromatic carbocycles. The lowest BCUT2D eigenvalue weighted by atomic mass is 9.98. The fourth-order valence-electron chi connectivity index (χ4n) is 2.48. The molecule has 2 rings (SSSR count). The summed E-state index contributed by atoms with van der Waals surface area (Å²) in [6, 6.07) is 0. The van der Waals surface area contributed by atoms with E-state index < -0.39 is 0 Å². The molecule has 0 aromatic rings. The first kappa shape index (κ1) is 11.6. The quantitative estimate of drug-likeness (QED) is 0.722. The zero-order valence-corrected chi connectivity index (χ0v) is 10.4. The first-order chi connectivity index (χ1) is 7.68. The second-order valence-electron chi connectivity index (χ2n) is 5.39. The highest BCUT2D eigenvalue weighted by atomic mass is 16.2. The van der Waals surface area contributed by atoms with Gasteiger partial charge in [-0.25, -0.2) is 5.01 Å². The number of carbonyl (C=O) groups excluding carboxylic acids is 1. The minimum absolute atomic E-state index is 0.134. The van der Waals surface area contributed by atoms with Crippen LogP contribution in [0.1, 0.15) is 52.4 Å². The molecule has 90 valence electrons. The zero-order valence-electron chi connectivity index (χ0n) is 10.4. The Morgan fingerprint density at radius 1 is 1.38 bits per heavy atom. The summed E-state index contributed by atoms with van der Waals surface area (Å²) in [5.41, 5.74) is 1.16. The highest BCUT2D eigenvalue weighted by molar-refractivity contribution is 6.08. The monoisotopic (exact) mass is 222 g/mol. The number of nitrogens with zero attached hydrogens (tertiary/aromatic N) is 2. The number of fused-ring (bicyclic) bond motifs is 1. The number of carbonyl (C=O) groups is 1. The Hall–Kier alpha value is -0.860. The van der Waals surface area contributed by atoms with Gasteiger partial charge in [0.25, 0.3) is 5.91 Å². The summed E-state index contributed by atoms with van der Waals surface area (Å²) < 4.78 is 0. The van der Waals surface area contributed by atoms with E-state index in [9.17, 15) is 4.79 Å². The SMILES string of the molecule is CC(C)CCN1N=C2CCCCCC2C1=O. The van der Waals surface area contributed by atoms with Crippen LogP contribution in [0.2, 0.25) is 0 Å². The minimum atomic E-state index is 0.134. The van der Waals surface area contributed by atoms with Crippen molar-refractivity contribution in [2.75, 3.05) is 6.54 Å². The van der Waals surface area contributed by atoms with Crippen LogP contribution in [0.5, 0.6) is 0 Å². The normalized spacial score (nSPS) is 25.7. The highest BCUT2D eigenvalue weighted by Gasteiger charge is 2.35. The van der Waals surface area contributed by atoms with Gasteiger partial charge in [-0.15, -0.1) is 0 Å². The van der Waals surface area contributed by atoms with Crippen LogP contribution in [0, 0.1) is 11.8 Å². The summed E-state index contributed by atoms with van der Waals surface area (Å²) in [7, 11) is 0. The molecule has 0 radical (unpaired) electrons. The molecule has 3 heteroatoms. The van der Waals surface area contributed by atoms with Gasteiger partial charge in [0.2, 0.25) is 0 Å². The Labute approximate surface area is 97.9 Å². The lowest BCUT2D eigenvalue weighted by molar-refractivity contribution is -0.132. The fourth-order valence-corrected chi connectivity index (χ4v) is 2.48. The average molecular weight is 222 g/mol. The maximum atomic E-state index is 12.1. The Balaban J connectivity index is 1.99. The number of amides is 1. The third-order valence-electron chi connectivity index (χ3n) is 3.55. The van der Waals surface area contributed by atoms with Gasteiger partial charge in [-0.3, -0.25) is 4.79 Å². The van der Waals surface area contributed by atoms with E-state index in [2.05, 4.69) is 18.9 Å². The molecule has 1 heterocycles. The van der Waals surface area contributed by atoms with Gasteiger partial charge < -0.3 is 0 Å². The average Bonchev–Trinajstić information content (AvgIpc) is 2.43. The largest absolute Gasteiger partial charge is 0.272 e. The minimum Gasteiger partial charge on any atom is -0.272 e. The maximum absolute atomic E-state index is 12.1. The van der Waals surface area contributed by atoms with E-state index in [0.717, 1.165) is 31.5 Å². The molecule has 1 amide bonds. The molecule has 0 saturated heterocycles. The van der Waals surface area contributed by atoms with Crippen molar-refractivity contribution in [2.45, 2.75) is 52.4 Å². The van der Waals surface area contributed by atoms with Gasteiger partial charge in [0.05, 0.1) is 11.6 Å². The number of hydrazone groups is 1. The second-order valence-corrected chi connectivity index (χ2v) is 5.39. The van der Waals surface area contributed by atoms with E-state index in [1.807, 2.05) is 0 Å². The molecular weight excluding hydrogens is 200 g/mol. The highest BCUT2D eigenvalue weighted by Crippen LogP contribution is 2.28. The molecular formula is C13H22N2O. The van der Waals surface area contributed by atoms with Crippen LogP contribution < -0.4 is 0 Å². The smallest absolute Gasteiger partial charge is 0.251 e. The molecule has 1 saturated carbocycles. The molecule has 1 fully saturated rings. The number of rotatable bonds is 3. The van der Waals surface area contributed by atoms with Crippen molar-refractivity contribution in [1.82, 2.24) is 5.01 Å². The van der Waals surface area contributed by atoms with E-state index in [1.165, 1.54) is 19.3 Å². The lowest BCUT2D eigenvalue weighted by Crippen LogP contribution is -2.28. The Bertz CT molecular complexity index is 296. The zero-order chi connectivity index (χ0) is 11.5. The third-order valence-corrected chi connectivity index (χ3v) is 3.55. The number of hydrogen-bond donors (Lipinski definition) is 0. The van der Waals surface area contributed by atoms with Crippen molar-refractivity contribution in [1.29, 1.82) is 0 Å². The lowest BCUT2D eigenvalue weighted by Gasteiger charge is -2.15. The van der Waals surface area contributed by atoms with Gasteiger partial charge in [-0.1, -0.05) is 26.7 Å². The summed E-state index contributed by atoms with van der Waals surface area (Å²) in [6.07, 6.45) is 6.77. The van der Waals surface area contributed by atoms with E-state index in [1.54, 1.807) is 5.01 Å². The van der Waals surface area contributed by atoms with Crippen molar-refractivity contribution in [3.63, 3.8) is 0 Å². The predicted octanol–water partition coefficient (Wildman–Crippen LogP) is 2.81. The third kappa shape index (κ3) is 2.45. The fraction of sp³-hybridized carbons (Fsp3) is 0.846. The molecule has 1 aliphatic carbocycles. The summed E-state index contributed by atoms with van der Waals surface area (Å²) in [5.74, 6) is 1.03. The van der Waals surface area contributed by atoms with E-state index in [0.29, 0.717) is 5.92 Å². The van der Waals surface area contributed by atoms with Gasteiger partial charge in [-0.05, 0) is 31.6 Å². The molecule has 3 nitrogen and oxygen atoms in total. The van der Waals surface area contributed by atoms with Crippen molar-refractivity contribution in [3.05, 3.63) is 0 Å². The Morgan fingerprint density at radius 2 is 2.19 bits per heavy atom. The molecule has 0 spiro atoms. The summed E-state index contributed by atoms with van der Waals surface area (Å²) in [6.45, 7) is 5.17.